The molecule has 4 nitrogen and oxygen atoms in total. The lowest BCUT2D eigenvalue weighted by Crippen LogP contribution is -2.23. The van der Waals surface area contributed by atoms with E-state index in [-0.39, 0.29) is 5.96 Å². The van der Waals surface area contributed by atoms with Crippen LogP contribution < -0.4 is 11.5 Å². The molecule has 0 rings (SSSR count). The van der Waals surface area contributed by atoms with Crippen LogP contribution in [0.2, 0.25) is 0 Å². The van der Waals surface area contributed by atoms with Gasteiger partial charge in [-0.3, -0.25) is 4.99 Å². The van der Waals surface area contributed by atoms with E-state index >= 15 is 0 Å². The normalized spacial score (nSPS) is 8.50. The van der Waals surface area contributed by atoms with Gasteiger partial charge >= 0.3 is 0 Å². The van der Waals surface area contributed by atoms with Gasteiger partial charge in [0, 0.05) is 6.42 Å². The van der Waals surface area contributed by atoms with Crippen molar-refractivity contribution >= 4 is 23.2 Å². The Hall–Kier alpha value is -0.840. The summed E-state index contributed by atoms with van der Waals surface area (Å²) in [5.41, 5.74) is 10.1. The quantitative estimate of drug-likeness (QED) is 0.336. The van der Waals surface area contributed by atoms with E-state index in [1.807, 2.05) is 0 Å². The van der Waals surface area contributed by atoms with Gasteiger partial charge in [-0.2, -0.15) is 0 Å². The first kappa shape index (κ1) is 9.16. The van der Waals surface area contributed by atoms with E-state index in [1.165, 1.54) is 7.11 Å². The average Bonchev–Trinajstić information content (AvgIpc) is 1.87. The van der Waals surface area contributed by atoms with Crippen LogP contribution in [0.25, 0.3) is 0 Å². The third-order valence-electron chi connectivity index (χ3n) is 0.838. The molecule has 0 saturated carbocycles. The molecule has 0 aliphatic rings. The van der Waals surface area contributed by atoms with Gasteiger partial charge < -0.3 is 16.2 Å². The molecule has 0 aromatic heterocycles. The minimum atomic E-state index is 0.0823. The highest BCUT2D eigenvalue weighted by molar-refractivity contribution is 7.80. The van der Waals surface area contributed by atoms with Crippen molar-refractivity contribution in [3.63, 3.8) is 0 Å². The summed E-state index contributed by atoms with van der Waals surface area (Å²) >= 11 is 4.73. The minimum absolute atomic E-state index is 0.0823. The number of hydrogen-bond donors (Lipinski definition) is 2. The smallest absolute Gasteiger partial charge is 0.185 e. The predicted octanol–water partition coefficient (Wildman–Crippen LogP) is -0.376. The lowest BCUT2D eigenvalue weighted by Gasteiger charge is -1.97. The Kier molecular flexibility index (Phi) is 4.57. The monoisotopic (exact) mass is 161 g/mol. The summed E-state index contributed by atoms with van der Waals surface area (Å²) in [6.07, 6.45) is 0.587. The highest BCUT2D eigenvalue weighted by Gasteiger charge is 1.91. The first-order chi connectivity index (χ1) is 4.66. The number of hydrogen-bond acceptors (Lipinski definition) is 3. The number of ether oxygens (including phenoxy) is 1. The standard InChI is InChI=1S/C5H11N3OS/c1-9-4(10)2-3-8-5(6)7/h2-3H2,1H3,(H4,6,7,8). The van der Waals surface area contributed by atoms with Crippen LogP contribution in [0.15, 0.2) is 4.99 Å². The maximum atomic E-state index is 5.06. The van der Waals surface area contributed by atoms with Gasteiger partial charge in [0.1, 0.15) is 0 Å². The molecule has 0 saturated heterocycles. The fourth-order valence-electron chi connectivity index (χ4n) is 0.378. The van der Waals surface area contributed by atoms with Crippen molar-refractivity contribution in [1.82, 2.24) is 0 Å². The molecule has 58 valence electrons. The summed E-state index contributed by atoms with van der Waals surface area (Å²) in [6.45, 7) is 0.495. The molecular formula is C5H11N3OS. The Morgan fingerprint density at radius 1 is 1.60 bits per heavy atom. The SMILES string of the molecule is COC(=S)CCN=C(N)N. The van der Waals surface area contributed by atoms with E-state index in [0.717, 1.165) is 0 Å². The topological polar surface area (TPSA) is 73.6 Å². The van der Waals surface area contributed by atoms with Crippen LogP contribution >= 0.6 is 12.2 Å². The van der Waals surface area contributed by atoms with E-state index in [4.69, 9.17) is 28.4 Å². The number of thiocarbonyl (C=S) groups is 1. The first-order valence-electron chi connectivity index (χ1n) is 2.79. The van der Waals surface area contributed by atoms with Gasteiger partial charge in [-0.1, -0.05) is 0 Å². The zero-order valence-corrected chi connectivity index (χ0v) is 6.65. The first-order valence-corrected chi connectivity index (χ1v) is 3.20. The van der Waals surface area contributed by atoms with Crippen molar-refractivity contribution in [3.05, 3.63) is 0 Å². The van der Waals surface area contributed by atoms with Crippen LogP contribution in [0, 0.1) is 0 Å². The van der Waals surface area contributed by atoms with Crippen LogP contribution in [-0.4, -0.2) is 24.7 Å². The largest absolute Gasteiger partial charge is 0.490 e. The van der Waals surface area contributed by atoms with Crippen LogP contribution in [0.4, 0.5) is 0 Å². The summed E-state index contributed by atoms with van der Waals surface area (Å²) in [7, 11) is 1.53. The molecular weight excluding hydrogens is 150 g/mol. The second-order valence-electron chi connectivity index (χ2n) is 1.63. The number of guanidine groups is 1. The Balaban J connectivity index is 3.37. The molecule has 0 atom stereocenters. The molecule has 0 aromatic carbocycles. The van der Waals surface area contributed by atoms with Crippen LogP contribution in [0.1, 0.15) is 6.42 Å². The molecule has 5 heteroatoms. The molecule has 0 heterocycles. The zero-order valence-electron chi connectivity index (χ0n) is 5.83. The molecule has 0 fully saturated rings. The van der Waals surface area contributed by atoms with Gasteiger partial charge in [-0.25, -0.2) is 0 Å². The van der Waals surface area contributed by atoms with Gasteiger partial charge in [0.15, 0.2) is 11.0 Å². The Morgan fingerprint density at radius 2 is 2.20 bits per heavy atom. The predicted molar refractivity (Wildman–Crippen MR) is 44.9 cm³/mol. The fourth-order valence-corrected chi connectivity index (χ4v) is 0.470. The molecule has 0 radical (unpaired) electrons. The molecule has 4 N–H and O–H groups in total. The van der Waals surface area contributed by atoms with Gasteiger partial charge in [0.05, 0.1) is 13.7 Å². The molecule has 0 aliphatic heterocycles. The molecule has 0 aromatic rings. The van der Waals surface area contributed by atoms with Gasteiger partial charge in [-0.15, -0.1) is 0 Å². The van der Waals surface area contributed by atoms with Crippen molar-refractivity contribution in [3.8, 4) is 0 Å². The van der Waals surface area contributed by atoms with Crippen LogP contribution in [0.3, 0.4) is 0 Å². The third kappa shape index (κ3) is 5.30. The molecule has 0 aliphatic carbocycles. The van der Waals surface area contributed by atoms with Crippen molar-refractivity contribution in [2.75, 3.05) is 13.7 Å². The molecule has 10 heavy (non-hydrogen) atoms. The summed E-state index contributed by atoms with van der Waals surface area (Å²) in [5.74, 6) is 0.0823. The highest BCUT2D eigenvalue weighted by Crippen LogP contribution is 1.87. The maximum Gasteiger partial charge on any atom is 0.185 e. The Morgan fingerprint density at radius 3 is 2.60 bits per heavy atom. The molecule has 0 spiro atoms. The second-order valence-corrected chi connectivity index (χ2v) is 2.09. The second kappa shape index (κ2) is 4.99. The van der Waals surface area contributed by atoms with E-state index in [0.29, 0.717) is 18.0 Å². The lowest BCUT2D eigenvalue weighted by atomic mass is 10.5. The van der Waals surface area contributed by atoms with Crippen molar-refractivity contribution in [2.45, 2.75) is 6.42 Å². The molecule has 0 bridgehead atoms. The van der Waals surface area contributed by atoms with E-state index in [9.17, 15) is 0 Å². The summed E-state index contributed by atoms with van der Waals surface area (Å²) < 4.78 is 4.71. The van der Waals surface area contributed by atoms with Gasteiger partial charge in [-0.05, 0) is 12.2 Å². The number of aliphatic imine (C=N–C) groups is 1. The van der Waals surface area contributed by atoms with Crippen molar-refractivity contribution in [2.24, 2.45) is 16.5 Å². The third-order valence-corrected chi connectivity index (χ3v) is 1.21. The summed E-state index contributed by atoms with van der Waals surface area (Å²) in [5, 5.41) is 0.519. The number of methoxy groups -OCH3 is 1. The summed E-state index contributed by atoms with van der Waals surface area (Å²) in [4.78, 5) is 3.72. The van der Waals surface area contributed by atoms with Crippen LogP contribution in [-0.2, 0) is 4.74 Å². The minimum Gasteiger partial charge on any atom is -0.490 e. The van der Waals surface area contributed by atoms with Crippen LogP contribution in [0.5, 0.6) is 0 Å². The maximum absolute atomic E-state index is 5.06. The molecule has 0 unspecified atom stereocenters. The number of nitrogens with zero attached hydrogens (tertiary/aromatic N) is 1. The van der Waals surface area contributed by atoms with Crippen molar-refractivity contribution < 1.29 is 4.74 Å². The molecule has 0 amide bonds. The van der Waals surface area contributed by atoms with E-state index in [1.54, 1.807) is 0 Å². The van der Waals surface area contributed by atoms with Gasteiger partial charge in [0.25, 0.3) is 0 Å². The Labute approximate surface area is 65.2 Å². The van der Waals surface area contributed by atoms with Gasteiger partial charge in [0.2, 0.25) is 0 Å². The average molecular weight is 161 g/mol. The highest BCUT2D eigenvalue weighted by atomic mass is 32.1. The van der Waals surface area contributed by atoms with E-state index in [2.05, 4.69) is 4.99 Å². The Bertz CT molecular complexity index is 142. The fraction of sp³-hybridized carbons (Fsp3) is 0.600. The number of rotatable bonds is 3. The number of nitrogens with two attached hydrogens (primary N) is 2. The lowest BCUT2D eigenvalue weighted by molar-refractivity contribution is 0.403. The van der Waals surface area contributed by atoms with Crippen molar-refractivity contribution in [1.29, 1.82) is 0 Å². The van der Waals surface area contributed by atoms with E-state index < -0.39 is 0 Å². The summed E-state index contributed by atoms with van der Waals surface area (Å²) in [6, 6.07) is 0. The zero-order chi connectivity index (χ0) is 7.98.